The Kier molecular flexibility index (Phi) is 4.59. The minimum Gasteiger partial charge on any atom is -0.391 e. The molecule has 2 unspecified atom stereocenters. The largest absolute Gasteiger partial charge is 0.391 e. The number of nitrogens with zero attached hydrogens (tertiary/aromatic N) is 2. The van der Waals surface area contributed by atoms with Gasteiger partial charge in [0.15, 0.2) is 0 Å². The summed E-state index contributed by atoms with van der Waals surface area (Å²) in [6, 6.07) is 2.57. The number of aromatic nitrogens is 1. The fraction of sp³-hybridized carbons (Fsp3) is 0.583. The van der Waals surface area contributed by atoms with Crippen molar-refractivity contribution in [1.82, 2.24) is 9.29 Å². The van der Waals surface area contributed by atoms with Crippen molar-refractivity contribution >= 4 is 15.8 Å². The SMILES string of the molecule is CN(C1CCCCC1O)S(=O)(=O)c1ccc(NN)nc1. The molecule has 7 nitrogen and oxygen atoms in total. The second-order valence-electron chi connectivity index (χ2n) is 4.96. The lowest BCUT2D eigenvalue weighted by Gasteiger charge is -2.34. The minimum absolute atomic E-state index is 0.0942. The molecular formula is C12H20N4O3S. The molecule has 4 N–H and O–H groups in total. The Morgan fingerprint density at radius 3 is 2.65 bits per heavy atom. The van der Waals surface area contributed by atoms with Gasteiger partial charge >= 0.3 is 0 Å². The van der Waals surface area contributed by atoms with Crippen molar-refractivity contribution in [2.45, 2.75) is 42.7 Å². The second kappa shape index (κ2) is 6.04. The zero-order valence-corrected chi connectivity index (χ0v) is 12.2. The predicted octanol–water partition coefficient (Wildman–Crippen LogP) is 0.291. The number of pyridine rings is 1. The van der Waals surface area contributed by atoms with Crippen molar-refractivity contribution in [2.24, 2.45) is 5.84 Å². The van der Waals surface area contributed by atoms with Gasteiger partial charge in [0.2, 0.25) is 10.0 Å². The molecule has 8 heteroatoms. The average molecular weight is 300 g/mol. The summed E-state index contributed by atoms with van der Waals surface area (Å²) in [7, 11) is -2.15. The van der Waals surface area contributed by atoms with E-state index >= 15 is 0 Å². The quantitative estimate of drug-likeness (QED) is 0.545. The number of hydrogen-bond acceptors (Lipinski definition) is 6. The van der Waals surface area contributed by atoms with E-state index in [0.29, 0.717) is 18.7 Å². The number of nitrogen functional groups attached to an aromatic ring is 1. The normalized spacial score (nSPS) is 23.8. The lowest BCUT2D eigenvalue weighted by molar-refractivity contribution is 0.0638. The molecular weight excluding hydrogens is 280 g/mol. The van der Waals surface area contributed by atoms with Crippen LogP contribution in [0.15, 0.2) is 23.2 Å². The Hall–Kier alpha value is -1.22. The third-order valence-electron chi connectivity index (χ3n) is 3.72. The summed E-state index contributed by atoms with van der Waals surface area (Å²) in [5, 5.41) is 9.98. The number of rotatable bonds is 4. The topological polar surface area (TPSA) is 109 Å². The van der Waals surface area contributed by atoms with E-state index in [9.17, 15) is 13.5 Å². The highest BCUT2D eigenvalue weighted by atomic mass is 32.2. The van der Waals surface area contributed by atoms with Crippen molar-refractivity contribution in [2.75, 3.05) is 12.5 Å². The summed E-state index contributed by atoms with van der Waals surface area (Å²) in [4.78, 5) is 4.00. The molecule has 1 aliphatic rings. The molecule has 0 amide bonds. The number of aliphatic hydroxyl groups is 1. The van der Waals surface area contributed by atoms with Crippen LogP contribution in [0.2, 0.25) is 0 Å². The van der Waals surface area contributed by atoms with Crippen LogP contribution in [-0.2, 0) is 10.0 Å². The number of sulfonamides is 1. The van der Waals surface area contributed by atoms with Gasteiger partial charge in [-0.25, -0.2) is 19.2 Å². The minimum atomic E-state index is -3.65. The van der Waals surface area contributed by atoms with E-state index in [4.69, 9.17) is 5.84 Å². The van der Waals surface area contributed by atoms with Crippen LogP contribution in [0.3, 0.4) is 0 Å². The molecule has 112 valence electrons. The van der Waals surface area contributed by atoms with E-state index in [-0.39, 0.29) is 10.9 Å². The number of hydrazine groups is 1. The summed E-state index contributed by atoms with van der Waals surface area (Å²) in [6.45, 7) is 0. The fourth-order valence-electron chi connectivity index (χ4n) is 2.48. The number of likely N-dealkylation sites (N-methyl/N-ethyl adjacent to an activating group) is 1. The summed E-state index contributed by atoms with van der Waals surface area (Å²) < 4.78 is 26.3. The molecule has 2 atom stereocenters. The first-order valence-corrected chi connectivity index (χ1v) is 7.99. The van der Waals surface area contributed by atoms with Gasteiger partial charge in [0, 0.05) is 13.2 Å². The molecule has 0 bridgehead atoms. The van der Waals surface area contributed by atoms with Gasteiger partial charge in [-0.2, -0.15) is 4.31 Å². The van der Waals surface area contributed by atoms with E-state index in [0.717, 1.165) is 12.8 Å². The first-order valence-electron chi connectivity index (χ1n) is 6.55. The maximum absolute atomic E-state index is 12.5. The first-order chi connectivity index (χ1) is 9.46. The maximum atomic E-state index is 12.5. The van der Waals surface area contributed by atoms with E-state index in [2.05, 4.69) is 10.4 Å². The van der Waals surface area contributed by atoms with Gasteiger partial charge in [-0.1, -0.05) is 12.8 Å². The molecule has 0 aromatic carbocycles. The molecule has 1 aromatic rings. The Labute approximate surface area is 118 Å². The molecule has 1 heterocycles. The van der Waals surface area contributed by atoms with Crippen molar-refractivity contribution in [1.29, 1.82) is 0 Å². The Balaban J connectivity index is 2.23. The van der Waals surface area contributed by atoms with E-state index < -0.39 is 16.1 Å². The van der Waals surface area contributed by atoms with Crippen molar-refractivity contribution in [3.05, 3.63) is 18.3 Å². The predicted molar refractivity (Wildman–Crippen MR) is 75.3 cm³/mol. The van der Waals surface area contributed by atoms with Crippen LogP contribution in [-0.4, -0.2) is 42.0 Å². The molecule has 1 fully saturated rings. The average Bonchev–Trinajstić information content (AvgIpc) is 2.47. The van der Waals surface area contributed by atoms with Gasteiger partial charge in [-0.15, -0.1) is 0 Å². The number of anilines is 1. The van der Waals surface area contributed by atoms with Gasteiger partial charge in [-0.05, 0) is 25.0 Å². The van der Waals surface area contributed by atoms with Crippen molar-refractivity contribution < 1.29 is 13.5 Å². The van der Waals surface area contributed by atoms with Gasteiger partial charge in [0.05, 0.1) is 12.1 Å². The van der Waals surface area contributed by atoms with Crippen LogP contribution in [0.25, 0.3) is 0 Å². The van der Waals surface area contributed by atoms with Gasteiger partial charge in [-0.3, -0.25) is 0 Å². The number of nitrogens with two attached hydrogens (primary N) is 1. The Bertz CT molecular complexity index is 546. The number of hydrogen-bond donors (Lipinski definition) is 3. The molecule has 0 spiro atoms. The number of aliphatic hydroxyl groups excluding tert-OH is 1. The van der Waals surface area contributed by atoms with Crippen LogP contribution in [0.4, 0.5) is 5.82 Å². The van der Waals surface area contributed by atoms with Gasteiger partial charge in [0.25, 0.3) is 0 Å². The summed E-state index contributed by atoms with van der Waals surface area (Å²) in [6.07, 6.45) is 3.82. The van der Waals surface area contributed by atoms with E-state index in [1.165, 1.54) is 29.7 Å². The van der Waals surface area contributed by atoms with Crippen LogP contribution in [0.1, 0.15) is 25.7 Å². The van der Waals surface area contributed by atoms with Crippen LogP contribution in [0.5, 0.6) is 0 Å². The maximum Gasteiger partial charge on any atom is 0.244 e. The highest BCUT2D eigenvalue weighted by Gasteiger charge is 2.34. The zero-order chi connectivity index (χ0) is 14.8. The van der Waals surface area contributed by atoms with Gasteiger partial charge in [0.1, 0.15) is 10.7 Å². The molecule has 2 rings (SSSR count). The summed E-state index contributed by atoms with van der Waals surface area (Å²) in [5.41, 5.74) is 2.35. The summed E-state index contributed by atoms with van der Waals surface area (Å²) >= 11 is 0. The van der Waals surface area contributed by atoms with Crippen molar-refractivity contribution in [3.63, 3.8) is 0 Å². The molecule has 0 saturated heterocycles. The monoisotopic (exact) mass is 300 g/mol. The molecule has 1 aliphatic carbocycles. The van der Waals surface area contributed by atoms with E-state index in [1.54, 1.807) is 0 Å². The Morgan fingerprint density at radius 1 is 1.40 bits per heavy atom. The highest BCUT2D eigenvalue weighted by Crippen LogP contribution is 2.26. The molecule has 1 saturated carbocycles. The fourth-order valence-corrected chi connectivity index (χ4v) is 3.84. The standard InChI is InChI=1S/C12H20N4O3S/c1-16(10-4-2-3-5-11(10)17)20(18,19)9-6-7-12(15-13)14-8-9/h6-8,10-11,17H,2-5,13H2,1H3,(H,14,15). The van der Waals surface area contributed by atoms with Crippen LogP contribution >= 0.6 is 0 Å². The number of nitrogens with one attached hydrogen (secondary N) is 1. The van der Waals surface area contributed by atoms with E-state index in [1.807, 2.05) is 0 Å². The smallest absolute Gasteiger partial charge is 0.244 e. The lowest BCUT2D eigenvalue weighted by Crippen LogP contribution is -2.46. The Morgan fingerprint density at radius 2 is 2.10 bits per heavy atom. The first kappa shape index (κ1) is 15.2. The molecule has 1 aromatic heterocycles. The third kappa shape index (κ3) is 2.93. The van der Waals surface area contributed by atoms with Crippen molar-refractivity contribution in [3.8, 4) is 0 Å². The molecule has 0 radical (unpaired) electrons. The second-order valence-corrected chi connectivity index (χ2v) is 6.96. The highest BCUT2D eigenvalue weighted by molar-refractivity contribution is 7.89. The third-order valence-corrected chi connectivity index (χ3v) is 5.59. The molecule has 20 heavy (non-hydrogen) atoms. The van der Waals surface area contributed by atoms with Crippen LogP contribution in [0, 0.1) is 0 Å². The zero-order valence-electron chi connectivity index (χ0n) is 11.4. The molecule has 0 aliphatic heterocycles. The van der Waals surface area contributed by atoms with Crippen LogP contribution < -0.4 is 11.3 Å². The van der Waals surface area contributed by atoms with Gasteiger partial charge < -0.3 is 10.5 Å². The lowest BCUT2D eigenvalue weighted by atomic mass is 9.93. The summed E-state index contributed by atoms with van der Waals surface area (Å²) in [5.74, 6) is 5.59.